The van der Waals surface area contributed by atoms with Crippen LogP contribution in [0.2, 0.25) is 0 Å². The highest BCUT2D eigenvalue weighted by atomic mass is 19.1. The SMILES string of the molecule is COC(=O)C1C(C)=NC2=C(C(=O)C[C@H](c3ccccc3)C2)[C@@H]1c1ccc(F)cc1. The number of methoxy groups -OCH3 is 1. The van der Waals surface area contributed by atoms with E-state index in [9.17, 15) is 14.0 Å². The molecule has 0 saturated heterocycles. The molecule has 2 aromatic rings. The normalized spacial score (nSPS) is 24.0. The van der Waals surface area contributed by atoms with Crippen LogP contribution < -0.4 is 0 Å². The minimum Gasteiger partial charge on any atom is -0.468 e. The average Bonchev–Trinajstić information content (AvgIpc) is 2.73. The Morgan fingerprint density at radius 2 is 1.72 bits per heavy atom. The van der Waals surface area contributed by atoms with Crippen molar-refractivity contribution >= 4 is 17.5 Å². The number of nitrogens with zero attached hydrogens (tertiary/aromatic N) is 1. The third kappa shape index (κ3) is 3.53. The van der Waals surface area contributed by atoms with Crippen molar-refractivity contribution in [3.63, 3.8) is 0 Å². The molecule has 29 heavy (non-hydrogen) atoms. The maximum atomic E-state index is 13.5. The van der Waals surface area contributed by atoms with Gasteiger partial charge in [0.05, 0.1) is 7.11 Å². The van der Waals surface area contributed by atoms with Crippen LogP contribution in [0.5, 0.6) is 0 Å². The van der Waals surface area contributed by atoms with Crippen molar-refractivity contribution in [1.82, 2.24) is 0 Å². The number of rotatable bonds is 3. The van der Waals surface area contributed by atoms with Gasteiger partial charge in [-0.15, -0.1) is 0 Å². The summed E-state index contributed by atoms with van der Waals surface area (Å²) in [6.45, 7) is 1.79. The van der Waals surface area contributed by atoms with Crippen molar-refractivity contribution in [3.8, 4) is 0 Å². The Kier molecular flexibility index (Phi) is 5.14. The average molecular weight is 391 g/mol. The van der Waals surface area contributed by atoms with E-state index in [1.807, 2.05) is 30.3 Å². The molecule has 0 saturated carbocycles. The van der Waals surface area contributed by atoms with Crippen LogP contribution in [-0.4, -0.2) is 24.6 Å². The minimum atomic E-state index is -0.693. The summed E-state index contributed by atoms with van der Waals surface area (Å²) in [6.07, 6.45) is 0.997. The zero-order valence-electron chi connectivity index (χ0n) is 16.4. The molecule has 0 bridgehead atoms. The number of Topliss-reactive ketones (excluding diaryl/α,β-unsaturated/α-hetero) is 1. The Bertz CT molecular complexity index is 1010. The third-order valence-corrected chi connectivity index (χ3v) is 5.84. The van der Waals surface area contributed by atoms with Crippen LogP contribution >= 0.6 is 0 Å². The Hall–Kier alpha value is -3.08. The van der Waals surface area contributed by atoms with Crippen LogP contribution in [0.4, 0.5) is 4.39 Å². The molecule has 0 spiro atoms. The van der Waals surface area contributed by atoms with E-state index in [2.05, 4.69) is 4.99 Å². The molecule has 148 valence electrons. The molecule has 3 atom stereocenters. The first-order chi connectivity index (χ1) is 14.0. The summed E-state index contributed by atoms with van der Waals surface area (Å²) in [5.41, 5.74) is 3.72. The van der Waals surface area contributed by atoms with Gasteiger partial charge in [0.2, 0.25) is 0 Å². The molecule has 1 heterocycles. The van der Waals surface area contributed by atoms with Gasteiger partial charge in [-0.2, -0.15) is 0 Å². The fourth-order valence-corrected chi connectivity index (χ4v) is 4.48. The molecular formula is C24H22FNO3. The molecule has 0 aromatic heterocycles. The number of benzene rings is 2. The lowest BCUT2D eigenvalue weighted by molar-refractivity contribution is -0.143. The highest BCUT2D eigenvalue weighted by Gasteiger charge is 2.44. The van der Waals surface area contributed by atoms with E-state index < -0.39 is 17.8 Å². The molecule has 2 aromatic carbocycles. The molecule has 4 rings (SSSR count). The van der Waals surface area contributed by atoms with E-state index in [1.165, 1.54) is 19.2 Å². The number of allylic oxidation sites excluding steroid dienone is 2. The number of esters is 1. The van der Waals surface area contributed by atoms with Gasteiger partial charge < -0.3 is 4.74 Å². The standard InChI is InChI=1S/C24H22FNO3/c1-14-21(24(28)29-2)22(16-8-10-18(25)11-9-16)23-19(26-14)12-17(13-20(23)27)15-6-4-3-5-7-15/h3-11,17,21-22H,12-13H2,1-2H3/t17-,21?,22-/m1/s1. The highest BCUT2D eigenvalue weighted by molar-refractivity contribution is 6.09. The minimum absolute atomic E-state index is 0.0143. The Balaban J connectivity index is 1.81. The van der Waals surface area contributed by atoms with Crippen molar-refractivity contribution in [3.05, 3.63) is 82.8 Å². The van der Waals surface area contributed by atoms with Gasteiger partial charge in [0.15, 0.2) is 5.78 Å². The third-order valence-electron chi connectivity index (χ3n) is 5.84. The second-order valence-corrected chi connectivity index (χ2v) is 7.58. The number of halogens is 1. The first-order valence-corrected chi connectivity index (χ1v) is 9.69. The van der Waals surface area contributed by atoms with Gasteiger partial charge in [-0.3, -0.25) is 14.6 Å². The maximum absolute atomic E-state index is 13.5. The number of hydrogen-bond acceptors (Lipinski definition) is 4. The molecule has 1 aliphatic heterocycles. The summed E-state index contributed by atoms with van der Waals surface area (Å²) >= 11 is 0. The number of aliphatic imine (C=N–C) groups is 1. The number of hydrogen-bond donors (Lipinski definition) is 0. The van der Waals surface area contributed by atoms with Gasteiger partial charge in [-0.1, -0.05) is 42.5 Å². The van der Waals surface area contributed by atoms with Crippen LogP contribution in [0.1, 0.15) is 42.7 Å². The number of carbonyl (C=O) groups excluding carboxylic acids is 2. The predicted octanol–water partition coefficient (Wildman–Crippen LogP) is 4.57. The van der Waals surface area contributed by atoms with Crippen LogP contribution in [0, 0.1) is 11.7 Å². The number of carbonyl (C=O) groups is 2. The largest absolute Gasteiger partial charge is 0.468 e. The fraction of sp³-hybridized carbons (Fsp3) is 0.292. The summed E-state index contributed by atoms with van der Waals surface area (Å²) in [5, 5.41) is 0. The first-order valence-electron chi connectivity index (χ1n) is 9.69. The lowest BCUT2D eigenvalue weighted by atomic mass is 9.69. The molecule has 1 unspecified atom stereocenters. The molecule has 0 fully saturated rings. The molecule has 0 amide bonds. The van der Waals surface area contributed by atoms with Gasteiger partial charge >= 0.3 is 5.97 Å². The number of ether oxygens (including phenoxy) is 1. The zero-order chi connectivity index (χ0) is 20.5. The van der Waals surface area contributed by atoms with Crippen LogP contribution in [0.3, 0.4) is 0 Å². The highest BCUT2D eigenvalue weighted by Crippen LogP contribution is 2.46. The molecular weight excluding hydrogens is 369 g/mol. The lowest BCUT2D eigenvalue weighted by Gasteiger charge is -2.36. The zero-order valence-corrected chi connectivity index (χ0v) is 16.4. The van der Waals surface area contributed by atoms with Crippen molar-refractivity contribution in [2.24, 2.45) is 10.9 Å². The quantitative estimate of drug-likeness (QED) is 0.720. The summed E-state index contributed by atoms with van der Waals surface area (Å²) < 4.78 is 18.5. The second kappa shape index (κ2) is 7.74. The molecule has 4 nitrogen and oxygen atoms in total. The molecule has 5 heteroatoms. The smallest absolute Gasteiger partial charge is 0.315 e. The monoisotopic (exact) mass is 391 g/mol. The predicted molar refractivity (Wildman–Crippen MR) is 108 cm³/mol. The van der Waals surface area contributed by atoms with Crippen molar-refractivity contribution in [2.75, 3.05) is 7.11 Å². The van der Waals surface area contributed by atoms with Crippen molar-refractivity contribution in [2.45, 2.75) is 31.6 Å². The number of ketones is 1. The van der Waals surface area contributed by atoms with Gasteiger partial charge in [0.1, 0.15) is 11.7 Å². The van der Waals surface area contributed by atoms with E-state index in [1.54, 1.807) is 19.1 Å². The van der Waals surface area contributed by atoms with Crippen LogP contribution in [0.25, 0.3) is 0 Å². The topological polar surface area (TPSA) is 55.7 Å². The van der Waals surface area contributed by atoms with Gasteiger partial charge in [-0.05, 0) is 42.5 Å². The summed E-state index contributed by atoms with van der Waals surface area (Å²) in [7, 11) is 1.33. The lowest BCUT2D eigenvalue weighted by Crippen LogP contribution is -2.37. The van der Waals surface area contributed by atoms with E-state index in [-0.39, 0.29) is 17.5 Å². The summed E-state index contributed by atoms with van der Waals surface area (Å²) in [6, 6.07) is 15.9. The second-order valence-electron chi connectivity index (χ2n) is 7.58. The van der Waals surface area contributed by atoms with E-state index in [0.717, 1.165) is 16.8 Å². The summed E-state index contributed by atoms with van der Waals surface area (Å²) in [5.74, 6) is -1.97. The van der Waals surface area contributed by atoms with Gasteiger partial charge in [-0.25, -0.2) is 4.39 Å². The van der Waals surface area contributed by atoms with Crippen molar-refractivity contribution in [1.29, 1.82) is 0 Å². The summed E-state index contributed by atoms with van der Waals surface area (Å²) in [4.78, 5) is 30.5. The maximum Gasteiger partial charge on any atom is 0.315 e. The fourth-order valence-electron chi connectivity index (χ4n) is 4.48. The molecule has 1 aliphatic carbocycles. The van der Waals surface area contributed by atoms with Crippen LogP contribution in [0.15, 0.2) is 70.9 Å². The first kappa shape index (κ1) is 19.2. The van der Waals surface area contributed by atoms with E-state index in [0.29, 0.717) is 24.1 Å². The van der Waals surface area contributed by atoms with Crippen LogP contribution in [-0.2, 0) is 14.3 Å². The van der Waals surface area contributed by atoms with Gasteiger partial charge in [0, 0.05) is 29.3 Å². The van der Waals surface area contributed by atoms with E-state index in [4.69, 9.17) is 4.74 Å². The van der Waals surface area contributed by atoms with Gasteiger partial charge in [0.25, 0.3) is 0 Å². The Morgan fingerprint density at radius 1 is 1.03 bits per heavy atom. The van der Waals surface area contributed by atoms with E-state index >= 15 is 0 Å². The molecule has 0 radical (unpaired) electrons. The molecule has 2 aliphatic rings. The van der Waals surface area contributed by atoms with Crippen molar-refractivity contribution < 1.29 is 18.7 Å². The molecule has 0 N–H and O–H groups in total. The Morgan fingerprint density at radius 3 is 2.38 bits per heavy atom. The Labute approximate surface area is 169 Å².